The van der Waals surface area contributed by atoms with Crippen LogP contribution < -0.4 is 15.5 Å². The van der Waals surface area contributed by atoms with Gasteiger partial charge in [-0.2, -0.15) is 0 Å². The van der Waals surface area contributed by atoms with Crippen LogP contribution in [0.5, 0.6) is 0 Å². The lowest BCUT2D eigenvalue weighted by Crippen LogP contribution is -2.45. The van der Waals surface area contributed by atoms with Crippen LogP contribution in [0.2, 0.25) is 0 Å². The largest absolute Gasteiger partial charge is 0.365 e. The van der Waals surface area contributed by atoms with Gasteiger partial charge in [0.2, 0.25) is 5.91 Å². The summed E-state index contributed by atoms with van der Waals surface area (Å²) in [7, 11) is 5.07. The molecule has 1 aliphatic heterocycles. The number of hydrogen-bond acceptors (Lipinski definition) is 3. The average Bonchev–Trinajstić information content (AvgIpc) is 3.01. The first kappa shape index (κ1) is 19.0. The number of para-hydroxylation sites is 1. The maximum atomic E-state index is 13.9. The number of hydrogen-bond donors (Lipinski definition) is 2. The topological polar surface area (TPSA) is 60.0 Å². The van der Waals surface area contributed by atoms with Gasteiger partial charge < -0.3 is 20.4 Å². The average molecular weight is 353 g/mol. The normalized spacial score (nSPS) is 17.6. The van der Waals surface area contributed by atoms with Crippen LogP contribution in [-0.4, -0.2) is 63.6 Å². The SMILES string of the molecule is CN=C(NCCC(=O)N(C)C)NC1CCN(c2c(F)cccc2F)C1. The van der Waals surface area contributed by atoms with E-state index in [4.69, 9.17) is 0 Å². The van der Waals surface area contributed by atoms with E-state index < -0.39 is 11.6 Å². The Bertz CT molecular complexity index is 615. The van der Waals surface area contributed by atoms with Gasteiger partial charge in [0, 0.05) is 53.2 Å². The molecule has 1 atom stereocenters. The minimum absolute atomic E-state index is 0.0197. The minimum Gasteiger partial charge on any atom is -0.365 e. The fourth-order valence-electron chi connectivity index (χ4n) is 2.77. The van der Waals surface area contributed by atoms with E-state index >= 15 is 0 Å². The highest BCUT2D eigenvalue weighted by Gasteiger charge is 2.27. The molecule has 138 valence electrons. The lowest BCUT2D eigenvalue weighted by atomic mass is 10.2. The second-order valence-corrected chi connectivity index (χ2v) is 6.18. The monoisotopic (exact) mass is 353 g/mol. The van der Waals surface area contributed by atoms with E-state index in [-0.39, 0.29) is 17.6 Å². The summed E-state index contributed by atoms with van der Waals surface area (Å²) in [6.07, 6.45) is 1.11. The van der Waals surface area contributed by atoms with Gasteiger partial charge in [-0.25, -0.2) is 8.78 Å². The third-order valence-electron chi connectivity index (χ3n) is 4.14. The zero-order chi connectivity index (χ0) is 18.4. The molecule has 1 fully saturated rings. The van der Waals surface area contributed by atoms with Crippen molar-refractivity contribution in [2.24, 2.45) is 4.99 Å². The number of carbonyl (C=O) groups excluding carboxylic acids is 1. The van der Waals surface area contributed by atoms with E-state index in [9.17, 15) is 13.6 Å². The van der Waals surface area contributed by atoms with Crippen molar-refractivity contribution in [3.63, 3.8) is 0 Å². The van der Waals surface area contributed by atoms with Gasteiger partial charge in [-0.05, 0) is 18.6 Å². The van der Waals surface area contributed by atoms with Crippen LogP contribution >= 0.6 is 0 Å². The summed E-state index contributed by atoms with van der Waals surface area (Å²) in [5.74, 6) is -0.492. The van der Waals surface area contributed by atoms with E-state index in [1.54, 1.807) is 26.0 Å². The zero-order valence-corrected chi connectivity index (χ0v) is 14.9. The molecule has 0 saturated carbocycles. The van der Waals surface area contributed by atoms with E-state index in [0.29, 0.717) is 32.0 Å². The first-order valence-electron chi connectivity index (χ1n) is 8.28. The lowest BCUT2D eigenvalue weighted by Gasteiger charge is -2.21. The molecule has 25 heavy (non-hydrogen) atoms. The molecule has 6 nitrogen and oxygen atoms in total. The second kappa shape index (κ2) is 8.64. The molecule has 0 radical (unpaired) electrons. The van der Waals surface area contributed by atoms with Gasteiger partial charge in [0.25, 0.3) is 0 Å². The van der Waals surface area contributed by atoms with Crippen molar-refractivity contribution in [1.29, 1.82) is 0 Å². The van der Waals surface area contributed by atoms with Crippen LogP contribution in [-0.2, 0) is 4.79 Å². The number of amides is 1. The highest BCUT2D eigenvalue weighted by Crippen LogP contribution is 2.26. The van der Waals surface area contributed by atoms with E-state index in [1.165, 1.54) is 23.1 Å². The number of anilines is 1. The van der Waals surface area contributed by atoms with Gasteiger partial charge in [-0.1, -0.05) is 6.07 Å². The maximum absolute atomic E-state index is 13.9. The summed E-state index contributed by atoms with van der Waals surface area (Å²) in [6.45, 7) is 1.51. The molecule has 8 heteroatoms. The Morgan fingerprint density at radius 3 is 2.64 bits per heavy atom. The van der Waals surface area contributed by atoms with E-state index in [1.807, 2.05) is 0 Å². The molecular formula is C17H25F2N5O. The van der Waals surface area contributed by atoms with Gasteiger partial charge >= 0.3 is 0 Å². The second-order valence-electron chi connectivity index (χ2n) is 6.18. The fourth-order valence-corrected chi connectivity index (χ4v) is 2.77. The number of rotatable bonds is 5. The number of halogens is 2. The molecule has 0 bridgehead atoms. The van der Waals surface area contributed by atoms with Crippen molar-refractivity contribution in [3.8, 4) is 0 Å². The molecule has 1 saturated heterocycles. The third-order valence-corrected chi connectivity index (χ3v) is 4.14. The van der Waals surface area contributed by atoms with Crippen molar-refractivity contribution in [2.45, 2.75) is 18.9 Å². The van der Waals surface area contributed by atoms with Crippen molar-refractivity contribution >= 4 is 17.6 Å². The molecule has 1 amide bonds. The predicted molar refractivity (Wildman–Crippen MR) is 94.8 cm³/mol. The molecular weight excluding hydrogens is 328 g/mol. The Labute approximate surface area is 146 Å². The van der Waals surface area contributed by atoms with Gasteiger partial charge in [-0.15, -0.1) is 0 Å². The van der Waals surface area contributed by atoms with Crippen LogP contribution in [0, 0.1) is 11.6 Å². The summed E-state index contributed by atoms with van der Waals surface area (Å²) < 4.78 is 27.8. The standard InChI is InChI=1S/C17H25F2N5O/c1-20-17(21-9-7-15(25)23(2)3)22-12-8-10-24(11-12)16-13(18)5-4-6-14(16)19/h4-6,12H,7-11H2,1-3H3,(H2,20,21,22). The highest BCUT2D eigenvalue weighted by atomic mass is 19.1. The summed E-state index contributed by atoms with van der Waals surface area (Å²) in [4.78, 5) is 18.9. The number of guanidine groups is 1. The third kappa shape index (κ3) is 5.04. The Balaban J connectivity index is 1.86. The van der Waals surface area contributed by atoms with Crippen molar-refractivity contribution in [2.75, 3.05) is 45.7 Å². The summed E-state index contributed by atoms with van der Waals surface area (Å²) in [5, 5.41) is 6.32. The van der Waals surface area contributed by atoms with Gasteiger partial charge in [0.05, 0.1) is 0 Å². The Morgan fingerprint density at radius 1 is 1.36 bits per heavy atom. The number of nitrogens with zero attached hydrogens (tertiary/aromatic N) is 3. The smallest absolute Gasteiger partial charge is 0.223 e. The quantitative estimate of drug-likeness (QED) is 0.617. The van der Waals surface area contributed by atoms with E-state index in [0.717, 1.165) is 6.42 Å². The molecule has 1 heterocycles. The Hall–Kier alpha value is -2.38. The van der Waals surface area contributed by atoms with Crippen LogP contribution in [0.25, 0.3) is 0 Å². The van der Waals surface area contributed by atoms with Crippen LogP contribution in [0.3, 0.4) is 0 Å². The highest BCUT2D eigenvalue weighted by molar-refractivity contribution is 5.81. The molecule has 2 rings (SSSR count). The van der Waals surface area contributed by atoms with Gasteiger partial charge in [0.15, 0.2) is 5.96 Å². The molecule has 0 aliphatic carbocycles. The maximum Gasteiger partial charge on any atom is 0.223 e. The Kier molecular flexibility index (Phi) is 6.55. The number of nitrogens with one attached hydrogen (secondary N) is 2. The van der Waals surface area contributed by atoms with Crippen molar-refractivity contribution in [3.05, 3.63) is 29.8 Å². The number of benzene rings is 1. The molecule has 1 aromatic rings. The van der Waals surface area contributed by atoms with Gasteiger partial charge in [-0.3, -0.25) is 9.79 Å². The molecule has 0 spiro atoms. The minimum atomic E-state index is -0.551. The predicted octanol–water partition coefficient (Wildman–Crippen LogP) is 1.19. The number of aliphatic imine (C=N–C) groups is 1. The summed E-state index contributed by atoms with van der Waals surface area (Å²) >= 11 is 0. The molecule has 1 aliphatic rings. The summed E-state index contributed by atoms with van der Waals surface area (Å²) in [6, 6.07) is 3.92. The number of carbonyl (C=O) groups is 1. The molecule has 2 N–H and O–H groups in total. The van der Waals surface area contributed by atoms with Crippen molar-refractivity contribution < 1.29 is 13.6 Å². The molecule has 0 aromatic heterocycles. The molecule has 1 unspecified atom stereocenters. The van der Waals surface area contributed by atoms with Crippen molar-refractivity contribution in [1.82, 2.24) is 15.5 Å². The molecule has 1 aromatic carbocycles. The van der Waals surface area contributed by atoms with E-state index in [2.05, 4.69) is 15.6 Å². The van der Waals surface area contributed by atoms with Crippen LogP contribution in [0.4, 0.5) is 14.5 Å². The first-order chi connectivity index (χ1) is 11.9. The van der Waals surface area contributed by atoms with Gasteiger partial charge in [0.1, 0.15) is 17.3 Å². The summed E-state index contributed by atoms with van der Waals surface area (Å²) in [5.41, 5.74) is 0.0197. The Morgan fingerprint density at radius 2 is 2.04 bits per heavy atom. The first-order valence-corrected chi connectivity index (χ1v) is 8.28. The zero-order valence-electron chi connectivity index (χ0n) is 14.9. The van der Waals surface area contributed by atoms with Crippen LogP contribution in [0.1, 0.15) is 12.8 Å². The lowest BCUT2D eigenvalue weighted by molar-refractivity contribution is -0.128. The van der Waals surface area contributed by atoms with Crippen LogP contribution in [0.15, 0.2) is 23.2 Å². The fraction of sp³-hybridized carbons (Fsp3) is 0.529.